The summed E-state index contributed by atoms with van der Waals surface area (Å²) in [6.07, 6.45) is 3.74. The minimum absolute atomic E-state index is 0.924. The molecule has 0 spiro atoms. The molecular weight excluding hydrogens is 1630 g/mol. The summed E-state index contributed by atoms with van der Waals surface area (Å²) >= 11 is 0. The van der Waals surface area contributed by atoms with Crippen LogP contribution in [0.5, 0.6) is 0 Å². The maximum Gasteiger partial charge on any atom is 0.137 e. The lowest BCUT2D eigenvalue weighted by Gasteiger charge is -2.18. The number of fused-ring (bicyclic) bond motifs is 30. The van der Waals surface area contributed by atoms with Crippen molar-refractivity contribution in [2.45, 2.75) is 0 Å². The van der Waals surface area contributed by atoms with E-state index >= 15 is 0 Å². The van der Waals surface area contributed by atoms with Gasteiger partial charge in [0.2, 0.25) is 0 Å². The van der Waals surface area contributed by atoms with Crippen LogP contribution < -0.4 is 0 Å². The van der Waals surface area contributed by atoms with Crippen LogP contribution in [0.3, 0.4) is 0 Å². The first-order valence-electron chi connectivity index (χ1n) is 46.4. The Morgan fingerprint density at radius 2 is 0.481 bits per heavy atom. The van der Waals surface area contributed by atoms with E-state index < -0.39 is 0 Å². The Morgan fingerprint density at radius 1 is 0.148 bits per heavy atom. The summed E-state index contributed by atoms with van der Waals surface area (Å²) in [5.41, 5.74) is 26.5. The molecule has 28 rings (SSSR count). The summed E-state index contributed by atoms with van der Waals surface area (Å²) in [4.78, 5) is 9.51. The quantitative estimate of drug-likeness (QED) is 0.128. The van der Waals surface area contributed by atoms with Gasteiger partial charge in [0.25, 0.3) is 0 Å². The van der Waals surface area contributed by atoms with E-state index in [1.807, 2.05) is 24.5 Å². The van der Waals surface area contributed by atoms with Gasteiger partial charge in [-0.1, -0.05) is 406 Å². The third-order valence-electron chi connectivity index (χ3n) is 27.8. The molecule has 0 aliphatic carbocycles. The Kier molecular flexibility index (Phi) is 18.9. The van der Waals surface area contributed by atoms with Crippen LogP contribution in [0.4, 0.5) is 0 Å². The number of nitrogens with zero attached hydrogens (tertiary/aromatic N) is 5. The Bertz CT molecular complexity index is 9600. The molecule has 0 N–H and O–H groups in total. The van der Waals surface area contributed by atoms with Crippen molar-refractivity contribution >= 4 is 162 Å². The number of para-hydroxylation sites is 4. The van der Waals surface area contributed by atoms with Crippen LogP contribution >= 0.6 is 0 Å². The highest BCUT2D eigenvalue weighted by atomic mass is 15.1. The van der Waals surface area contributed by atoms with Crippen LogP contribution in [0, 0.1) is 0 Å². The summed E-state index contributed by atoms with van der Waals surface area (Å²) < 4.78 is 7.33. The predicted molar refractivity (Wildman–Crippen MR) is 574 cm³/mol. The number of hydrogen-bond donors (Lipinski definition) is 0. The molecule has 5 heterocycles. The van der Waals surface area contributed by atoms with Crippen molar-refractivity contribution in [3.8, 4) is 95.2 Å². The van der Waals surface area contributed by atoms with E-state index in [9.17, 15) is 0 Å². The summed E-state index contributed by atoms with van der Waals surface area (Å²) in [5.74, 6) is 0.924. The lowest BCUT2D eigenvalue weighted by Crippen LogP contribution is -1.98. The molecule has 5 aromatic heterocycles. The Morgan fingerprint density at radius 3 is 0.985 bits per heavy atom. The topological polar surface area (TPSA) is 40.6 Å². The molecule has 5 heteroatoms. The van der Waals surface area contributed by atoms with Crippen LogP contribution in [-0.4, -0.2) is 23.7 Å². The lowest BCUT2D eigenvalue weighted by molar-refractivity contribution is 1.08. The highest BCUT2D eigenvalue weighted by molar-refractivity contribution is 6.41. The smallest absolute Gasteiger partial charge is 0.137 e. The van der Waals surface area contributed by atoms with Crippen LogP contribution in [0.1, 0.15) is 0 Å². The van der Waals surface area contributed by atoms with Crippen molar-refractivity contribution in [1.29, 1.82) is 0 Å². The van der Waals surface area contributed by atoms with Gasteiger partial charge in [-0.15, -0.1) is 0 Å². The maximum atomic E-state index is 4.78. The first kappa shape index (κ1) is 78.2. The lowest BCUT2D eigenvalue weighted by atomic mass is 9.86. The zero-order chi connectivity index (χ0) is 89.0. The fraction of sp³-hybridized carbons (Fsp3) is 0. The Labute approximate surface area is 779 Å². The minimum Gasteiger partial charge on any atom is -0.309 e. The second kappa shape index (κ2) is 32.6. The number of benzene rings is 23. The molecule has 28 aromatic rings. The average molecular weight is 1720 g/mol. The van der Waals surface area contributed by atoms with Gasteiger partial charge in [0.05, 0.1) is 44.5 Å². The maximum absolute atomic E-state index is 4.78. The molecule has 0 aliphatic rings. The summed E-state index contributed by atoms with van der Waals surface area (Å²) in [6.45, 7) is 0. The van der Waals surface area contributed by atoms with Crippen molar-refractivity contribution < 1.29 is 0 Å². The molecule has 5 nitrogen and oxygen atoms in total. The zero-order valence-corrected chi connectivity index (χ0v) is 73.7. The number of hydrogen-bond acceptors (Lipinski definition) is 2. The van der Waals surface area contributed by atoms with E-state index in [0.29, 0.717) is 0 Å². The van der Waals surface area contributed by atoms with E-state index in [-0.39, 0.29) is 0 Å². The fourth-order valence-corrected chi connectivity index (χ4v) is 22.1. The zero-order valence-electron chi connectivity index (χ0n) is 73.7. The van der Waals surface area contributed by atoms with E-state index in [0.717, 1.165) is 28.3 Å². The van der Waals surface area contributed by atoms with Crippen molar-refractivity contribution in [2.24, 2.45) is 0 Å². The molecular formula is C130H83N5. The molecule has 0 radical (unpaired) electrons. The molecule has 0 atom stereocenters. The third-order valence-corrected chi connectivity index (χ3v) is 27.8. The van der Waals surface area contributed by atoms with Gasteiger partial charge >= 0.3 is 0 Å². The highest BCUT2D eigenvalue weighted by Gasteiger charge is 2.28. The minimum atomic E-state index is 0.924. The van der Waals surface area contributed by atoms with Gasteiger partial charge in [-0.05, 0) is 211 Å². The number of pyridine rings is 2. The van der Waals surface area contributed by atoms with Crippen LogP contribution in [0.25, 0.3) is 258 Å². The van der Waals surface area contributed by atoms with Gasteiger partial charge in [0, 0.05) is 93.8 Å². The fourth-order valence-electron chi connectivity index (χ4n) is 22.1. The molecule has 0 saturated heterocycles. The van der Waals surface area contributed by atoms with Crippen molar-refractivity contribution in [3.05, 3.63) is 504 Å². The van der Waals surface area contributed by atoms with Crippen molar-refractivity contribution in [2.75, 3.05) is 0 Å². The summed E-state index contributed by atoms with van der Waals surface area (Å²) in [7, 11) is 0. The van der Waals surface area contributed by atoms with Gasteiger partial charge in [-0.2, -0.15) is 0 Å². The van der Waals surface area contributed by atoms with Gasteiger partial charge in [-0.25, -0.2) is 4.98 Å². The van der Waals surface area contributed by atoms with Gasteiger partial charge in [0.1, 0.15) is 5.82 Å². The van der Waals surface area contributed by atoms with E-state index in [4.69, 9.17) is 9.97 Å². The van der Waals surface area contributed by atoms with E-state index in [2.05, 4.69) is 493 Å². The molecule has 135 heavy (non-hydrogen) atoms. The monoisotopic (exact) mass is 1710 g/mol. The normalized spacial score (nSPS) is 11.7. The summed E-state index contributed by atoms with van der Waals surface area (Å²) in [5, 5.41) is 30.3. The van der Waals surface area contributed by atoms with E-state index in [1.165, 1.54) is 229 Å². The Balaban J connectivity index is 0.000000107. The molecule has 0 amide bonds. The van der Waals surface area contributed by atoms with Crippen LogP contribution in [-0.2, 0) is 0 Å². The van der Waals surface area contributed by atoms with Crippen molar-refractivity contribution in [1.82, 2.24) is 23.7 Å². The van der Waals surface area contributed by atoms with Crippen LogP contribution in [0.15, 0.2) is 504 Å². The van der Waals surface area contributed by atoms with Crippen molar-refractivity contribution in [3.63, 3.8) is 0 Å². The molecule has 0 aliphatic heterocycles. The molecule has 0 fully saturated rings. The van der Waals surface area contributed by atoms with E-state index in [1.54, 1.807) is 0 Å². The predicted octanol–water partition coefficient (Wildman–Crippen LogP) is 35.2. The SMILES string of the molecule is c1ccc(-c2cc3c4ccccc4c4c(c5ccccc5n4-c4ccccn4)c3c3ccccc23)nc1.c1ccc(-c2cccc(-c3cc4c5ccccc5c5c(c6ccccc6n5-c5cccc(-c6ccccc6)c5)c4c4ccccc34)c2)cc1.c1ccc(-c2ccccc2-c2cc3c4ccccc4c4c(c5ccccc5n4-c4ccccc4-c4ccccc4)c3c3ccccc23)cc1. The number of rotatable bonds is 10. The Hall–Kier alpha value is -17.9. The van der Waals surface area contributed by atoms with Gasteiger partial charge < -0.3 is 9.13 Å². The summed E-state index contributed by atoms with van der Waals surface area (Å²) in [6, 6.07) is 178. The van der Waals surface area contributed by atoms with Gasteiger partial charge in [-0.3, -0.25) is 9.55 Å². The molecule has 0 unspecified atom stereocenters. The van der Waals surface area contributed by atoms with Gasteiger partial charge in [0.15, 0.2) is 0 Å². The molecule has 0 bridgehead atoms. The molecule has 628 valence electrons. The number of aromatic nitrogens is 5. The molecule has 0 saturated carbocycles. The second-order valence-corrected chi connectivity index (χ2v) is 35.1. The van der Waals surface area contributed by atoms with Crippen LogP contribution in [0.2, 0.25) is 0 Å². The highest BCUT2D eigenvalue weighted by Crippen LogP contribution is 2.53. The largest absolute Gasteiger partial charge is 0.309 e. The molecule has 23 aromatic carbocycles. The standard InChI is InChI=1S/2C48H31N.C34H21N3/c1-3-15-32(16-4-1)34-19-13-21-36(29-34)43-31-44-39-24-8-10-26-41(39)48-47(46(44)40-25-9-7-23-38(40)43)42-27-11-12-28-45(42)49(48)37-22-14-20-35(30-37)33-17-5-2-6-18-33;1-3-17-32(18-4-1)34-21-7-8-23-36(34)42-31-43-38-25-10-12-27-40(38)48-47(46(43)39-26-11-9-24-37(39)42)41-28-14-16-30-45(41)49(48)44-29-15-13-22-35(44)33-19-5-2-6-20-33;1-3-13-24-22(11-1)27(29-16-7-9-19-35-29)21-28-23-12-2-4-14-25(23)34-33(32(24)28)26-15-5-6-17-30(26)37(34)31-18-8-10-20-36-31/h2*1-31H;1-21H. The first-order chi connectivity index (χ1) is 67.1. The second-order valence-electron chi connectivity index (χ2n) is 35.1. The average Bonchev–Trinajstić information content (AvgIpc) is 1.55. The third kappa shape index (κ3) is 12.8. The first-order valence-corrected chi connectivity index (χ1v) is 46.4.